The van der Waals surface area contributed by atoms with Crippen molar-refractivity contribution in [1.29, 1.82) is 0 Å². The van der Waals surface area contributed by atoms with Gasteiger partial charge in [-0.05, 0) is 44.9 Å². The summed E-state index contributed by atoms with van der Waals surface area (Å²) in [6.07, 6.45) is 7.08. The molecule has 0 saturated heterocycles. The van der Waals surface area contributed by atoms with Gasteiger partial charge in [0.25, 0.3) is 0 Å². The van der Waals surface area contributed by atoms with Crippen LogP contribution in [0.25, 0.3) is 0 Å². The van der Waals surface area contributed by atoms with Crippen LogP contribution in [0.4, 0.5) is 0 Å². The number of aryl methyl sites for hydroxylation is 4. The van der Waals surface area contributed by atoms with Gasteiger partial charge in [0.2, 0.25) is 0 Å². The van der Waals surface area contributed by atoms with E-state index in [2.05, 4.69) is 54.0 Å². The second kappa shape index (κ2) is 6.71. The van der Waals surface area contributed by atoms with E-state index in [-0.39, 0.29) is 0 Å². The molecule has 0 saturated carbocycles. The van der Waals surface area contributed by atoms with Crippen LogP contribution in [-0.4, -0.2) is 22.6 Å². The maximum atomic E-state index is 4.40. The van der Waals surface area contributed by atoms with Gasteiger partial charge in [-0.1, -0.05) is 23.8 Å². The number of rotatable bonds is 6. The maximum Gasteiger partial charge on any atom is 0.108 e. The van der Waals surface area contributed by atoms with Crippen molar-refractivity contribution in [2.75, 3.05) is 7.05 Å². The summed E-state index contributed by atoms with van der Waals surface area (Å²) in [4.78, 5) is 4.40. The molecule has 0 radical (unpaired) electrons. The molecule has 3 nitrogen and oxygen atoms in total. The summed E-state index contributed by atoms with van der Waals surface area (Å²) in [5.41, 5.74) is 4.17. The van der Waals surface area contributed by atoms with E-state index in [9.17, 15) is 0 Å². The van der Waals surface area contributed by atoms with Crippen molar-refractivity contribution in [2.24, 2.45) is 7.05 Å². The van der Waals surface area contributed by atoms with Crippen molar-refractivity contribution < 1.29 is 0 Å². The van der Waals surface area contributed by atoms with E-state index in [1.54, 1.807) is 0 Å². The molecule has 0 fully saturated rings. The number of nitrogens with zero attached hydrogens (tertiary/aromatic N) is 2. The second-order valence-electron chi connectivity index (χ2n) is 5.61. The average molecular weight is 271 g/mol. The Hall–Kier alpha value is -1.61. The standard InChI is InChI=1S/C17H25N3/c1-13-5-6-14(2)15(11-13)12-16(18-3)7-8-17-19-9-10-20(17)4/h5-6,9-11,16,18H,7-8,12H2,1-4H3. The number of hydrogen-bond acceptors (Lipinski definition) is 2. The lowest BCUT2D eigenvalue weighted by Gasteiger charge is -2.18. The van der Waals surface area contributed by atoms with E-state index in [1.807, 2.05) is 19.4 Å². The zero-order chi connectivity index (χ0) is 14.5. The summed E-state index contributed by atoms with van der Waals surface area (Å²) in [6.45, 7) is 4.35. The Bertz CT molecular complexity index is 557. The number of nitrogens with one attached hydrogen (secondary N) is 1. The highest BCUT2D eigenvalue weighted by Crippen LogP contribution is 2.15. The number of likely N-dealkylation sites (N-methyl/N-ethyl adjacent to an activating group) is 1. The molecule has 1 aromatic heterocycles. The van der Waals surface area contributed by atoms with Gasteiger partial charge in [0.05, 0.1) is 0 Å². The van der Waals surface area contributed by atoms with E-state index in [0.717, 1.165) is 25.1 Å². The molecule has 1 heterocycles. The summed E-state index contributed by atoms with van der Waals surface area (Å²) in [6, 6.07) is 7.20. The van der Waals surface area contributed by atoms with Crippen LogP contribution in [0.15, 0.2) is 30.6 Å². The Kier molecular flexibility index (Phi) is 4.96. The van der Waals surface area contributed by atoms with Gasteiger partial charge in [0, 0.05) is 31.9 Å². The molecule has 20 heavy (non-hydrogen) atoms. The summed E-state index contributed by atoms with van der Waals surface area (Å²) in [5.74, 6) is 1.16. The Labute approximate surface area is 122 Å². The molecule has 108 valence electrons. The lowest BCUT2D eigenvalue weighted by atomic mass is 9.96. The maximum absolute atomic E-state index is 4.40. The zero-order valence-electron chi connectivity index (χ0n) is 13.0. The van der Waals surface area contributed by atoms with E-state index in [4.69, 9.17) is 0 Å². The third kappa shape index (κ3) is 3.70. The highest BCUT2D eigenvalue weighted by Gasteiger charge is 2.11. The molecule has 1 atom stereocenters. The van der Waals surface area contributed by atoms with Crippen LogP contribution in [0.5, 0.6) is 0 Å². The van der Waals surface area contributed by atoms with Crippen molar-refractivity contribution in [1.82, 2.24) is 14.9 Å². The van der Waals surface area contributed by atoms with E-state index >= 15 is 0 Å². The van der Waals surface area contributed by atoms with Crippen molar-refractivity contribution >= 4 is 0 Å². The number of imidazole rings is 1. The van der Waals surface area contributed by atoms with Gasteiger partial charge in [-0.25, -0.2) is 4.98 Å². The highest BCUT2D eigenvalue weighted by molar-refractivity contribution is 5.31. The summed E-state index contributed by atoms with van der Waals surface area (Å²) >= 11 is 0. The molecule has 1 N–H and O–H groups in total. The van der Waals surface area contributed by atoms with Gasteiger partial charge in [-0.2, -0.15) is 0 Å². The van der Waals surface area contributed by atoms with Gasteiger partial charge in [0.1, 0.15) is 5.82 Å². The predicted octanol–water partition coefficient (Wildman–Crippen LogP) is 2.80. The quantitative estimate of drug-likeness (QED) is 0.875. The molecule has 0 spiro atoms. The first-order valence-corrected chi connectivity index (χ1v) is 7.29. The molecular weight excluding hydrogens is 246 g/mol. The molecule has 2 rings (SSSR count). The zero-order valence-corrected chi connectivity index (χ0v) is 13.0. The lowest BCUT2D eigenvalue weighted by molar-refractivity contribution is 0.509. The van der Waals surface area contributed by atoms with Crippen molar-refractivity contribution in [3.8, 4) is 0 Å². The van der Waals surface area contributed by atoms with E-state index in [1.165, 1.54) is 16.7 Å². The second-order valence-corrected chi connectivity index (χ2v) is 5.61. The Balaban J connectivity index is 1.98. The largest absolute Gasteiger partial charge is 0.338 e. The van der Waals surface area contributed by atoms with Crippen LogP contribution < -0.4 is 5.32 Å². The monoisotopic (exact) mass is 271 g/mol. The molecule has 0 aliphatic heterocycles. The van der Waals surface area contributed by atoms with Crippen LogP contribution in [0.2, 0.25) is 0 Å². The van der Waals surface area contributed by atoms with E-state index < -0.39 is 0 Å². The Morgan fingerprint density at radius 3 is 2.75 bits per heavy atom. The normalized spacial score (nSPS) is 12.6. The fourth-order valence-corrected chi connectivity index (χ4v) is 2.57. The molecular formula is C17H25N3. The first kappa shape index (κ1) is 14.8. The van der Waals surface area contributed by atoms with Gasteiger partial charge in [-0.3, -0.25) is 0 Å². The number of aromatic nitrogens is 2. The van der Waals surface area contributed by atoms with Crippen molar-refractivity contribution in [3.63, 3.8) is 0 Å². The van der Waals surface area contributed by atoms with Gasteiger partial charge >= 0.3 is 0 Å². The summed E-state index contributed by atoms with van der Waals surface area (Å²) in [7, 11) is 4.11. The molecule has 1 aromatic carbocycles. The minimum atomic E-state index is 0.493. The van der Waals surface area contributed by atoms with Crippen molar-refractivity contribution in [2.45, 2.75) is 39.2 Å². The molecule has 1 unspecified atom stereocenters. The Morgan fingerprint density at radius 2 is 2.10 bits per heavy atom. The van der Waals surface area contributed by atoms with Crippen molar-refractivity contribution in [3.05, 3.63) is 53.1 Å². The van der Waals surface area contributed by atoms with Gasteiger partial charge in [0.15, 0.2) is 0 Å². The Morgan fingerprint density at radius 1 is 1.30 bits per heavy atom. The van der Waals surface area contributed by atoms with Crippen LogP contribution in [0.3, 0.4) is 0 Å². The minimum absolute atomic E-state index is 0.493. The third-order valence-corrected chi connectivity index (χ3v) is 4.02. The fourth-order valence-electron chi connectivity index (χ4n) is 2.57. The summed E-state index contributed by atoms with van der Waals surface area (Å²) in [5, 5.41) is 3.44. The average Bonchev–Trinajstić information content (AvgIpc) is 2.84. The molecule has 0 amide bonds. The van der Waals surface area contributed by atoms with Gasteiger partial charge in [-0.15, -0.1) is 0 Å². The topological polar surface area (TPSA) is 29.9 Å². The molecule has 0 bridgehead atoms. The first-order valence-electron chi connectivity index (χ1n) is 7.29. The molecule has 2 aromatic rings. The highest BCUT2D eigenvalue weighted by atomic mass is 15.0. The molecule has 0 aliphatic carbocycles. The fraction of sp³-hybridized carbons (Fsp3) is 0.471. The van der Waals surface area contributed by atoms with E-state index in [0.29, 0.717) is 6.04 Å². The SMILES string of the molecule is CNC(CCc1nccn1C)Cc1cc(C)ccc1C. The minimum Gasteiger partial charge on any atom is -0.338 e. The van der Waals surface area contributed by atoms with Crippen LogP contribution >= 0.6 is 0 Å². The van der Waals surface area contributed by atoms with Crippen LogP contribution in [-0.2, 0) is 19.9 Å². The lowest BCUT2D eigenvalue weighted by Crippen LogP contribution is -2.28. The molecule has 0 aliphatic rings. The predicted molar refractivity (Wildman–Crippen MR) is 84.0 cm³/mol. The van der Waals surface area contributed by atoms with Crippen LogP contribution in [0, 0.1) is 13.8 Å². The van der Waals surface area contributed by atoms with Gasteiger partial charge < -0.3 is 9.88 Å². The summed E-state index contributed by atoms with van der Waals surface area (Å²) < 4.78 is 2.10. The molecule has 3 heteroatoms. The first-order chi connectivity index (χ1) is 9.60. The number of benzene rings is 1. The smallest absolute Gasteiger partial charge is 0.108 e. The third-order valence-electron chi connectivity index (χ3n) is 4.02. The van der Waals surface area contributed by atoms with Crippen LogP contribution in [0.1, 0.15) is 28.9 Å². The number of hydrogen-bond donors (Lipinski definition) is 1.